The quantitative estimate of drug-likeness (QED) is 0.872. The molecule has 0 unspecified atom stereocenters. The molecule has 0 bridgehead atoms. The minimum Gasteiger partial charge on any atom is -0.496 e. The normalized spacial score (nSPS) is 18.0. The zero-order chi connectivity index (χ0) is 17.9. The zero-order valence-electron chi connectivity index (χ0n) is 15.0. The van der Waals surface area contributed by atoms with Crippen LogP contribution in [-0.4, -0.2) is 18.6 Å². The summed E-state index contributed by atoms with van der Waals surface area (Å²) >= 11 is 0. The number of benzene rings is 2. The Balaban J connectivity index is 1.91. The summed E-state index contributed by atoms with van der Waals surface area (Å²) in [6.07, 6.45) is 2.57. The van der Waals surface area contributed by atoms with Crippen LogP contribution < -0.4 is 14.8 Å². The van der Waals surface area contributed by atoms with Gasteiger partial charge in [0.2, 0.25) is 0 Å². The SMILES string of the molecule is CCC1(CC)C[C@H](NC(=O)c2ccccc2OC)c2ccccc2O1. The summed E-state index contributed by atoms with van der Waals surface area (Å²) in [5.41, 5.74) is 1.34. The molecule has 0 radical (unpaired) electrons. The van der Waals surface area contributed by atoms with Gasteiger partial charge >= 0.3 is 0 Å². The molecule has 0 fully saturated rings. The maximum atomic E-state index is 12.9. The summed E-state index contributed by atoms with van der Waals surface area (Å²) in [7, 11) is 1.58. The Morgan fingerprint density at radius 1 is 1.16 bits per heavy atom. The zero-order valence-corrected chi connectivity index (χ0v) is 15.0. The lowest BCUT2D eigenvalue weighted by Gasteiger charge is -2.41. The van der Waals surface area contributed by atoms with Gasteiger partial charge in [-0.2, -0.15) is 0 Å². The molecule has 0 saturated heterocycles. The van der Waals surface area contributed by atoms with Gasteiger partial charge in [0.05, 0.1) is 18.7 Å². The molecule has 25 heavy (non-hydrogen) atoms. The second-order valence-corrected chi connectivity index (χ2v) is 6.46. The summed E-state index contributed by atoms with van der Waals surface area (Å²) in [6.45, 7) is 4.27. The van der Waals surface area contributed by atoms with Gasteiger partial charge in [-0.15, -0.1) is 0 Å². The average molecular weight is 339 g/mol. The maximum Gasteiger partial charge on any atom is 0.255 e. The number of carbonyl (C=O) groups excluding carboxylic acids is 1. The molecule has 0 saturated carbocycles. The first-order valence-corrected chi connectivity index (χ1v) is 8.84. The number of amides is 1. The Bertz CT molecular complexity index is 752. The van der Waals surface area contributed by atoms with E-state index in [1.165, 1.54) is 0 Å². The van der Waals surface area contributed by atoms with Crippen LogP contribution in [0.1, 0.15) is 55.1 Å². The number of rotatable bonds is 5. The standard InChI is InChI=1S/C21H25NO3/c1-4-21(5-2)14-17(15-10-6-9-13-19(15)25-21)22-20(23)16-11-7-8-12-18(16)24-3/h6-13,17H,4-5,14H2,1-3H3,(H,22,23)/t17-/m0/s1. The third-order valence-corrected chi connectivity index (χ3v) is 5.14. The maximum absolute atomic E-state index is 12.9. The first-order chi connectivity index (χ1) is 12.1. The van der Waals surface area contributed by atoms with Crippen LogP contribution in [0.2, 0.25) is 0 Å². The largest absolute Gasteiger partial charge is 0.496 e. The van der Waals surface area contributed by atoms with Crippen LogP contribution in [-0.2, 0) is 0 Å². The van der Waals surface area contributed by atoms with E-state index in [9.17, 15) is 4.79 Å². The number of carbonyl (C=O) groups is 1. The molecule has 132 valence electrons. The minimum atomic E-state index is -0.243. The van der Waals surface area contributed by atoms with E-state index in [2.05, 4.69) is 19.2 Å². The highest BCUT2D eigenvalue weighted by Crippen LogP contribution is 2.42. The van der Waals surface area contributed by atoms with Crippen molar-refractivity contribution in [3.05, 3.63) is 59.7 Å². The van der Waals surface area contributed by atoms with Crippen LogP contribution in [0.25, 0.3) is 0 Å². The number of methoxy groups -OCH3 is 1. The number of fused-ring (bicyclic) bond motifs is 1. The lowest BCUT2D eigenvalue weighted by atomic mass is 9.83. The molecule has 0 spiro atoms. The lowest BCUT2D eigenvalue weighted by molar-refractivity contribution is 0.0227. The number of hydrogen-bond donors (Lipinski definition) is 1. The van der Waals surface area contributed by atoms with Gasteiger partial charge in [-0.3, -0.25) is 4.79 Å². The summed E-state index contributed by atoms with van der Waals surface area (Å²) in [6, 6.07) is 15.2. The van der Waals surface area contributed by atoms with Crippen molar-refractivity contribution in [2.45, 2.75) is 44.8 Å². The van der Waals surface area contributed by atoms with Crippen molar-refractivity contribution in [3.63, 3.8) is 0 Å². The Hall–Kier alpha value is -2.49. The second kappa shape index (κ2) is 7.18. The molecule has 4 nitrogen and oxygen atoms in total. The minimum absolute atomic E-state index is 0.0812. The average Bonchev–Trinajstić information content (AvgIpc) is 2.67. The molecule has 3 rings (SSSR count). The van der Waals surface area contributed by atoms with Crippen LogP contribution >= 0.6 is 0 Å². The van der Waals surface area contributed by atoms with Gasteiger partial charge in [-0.1, -0.05) is 44.2 Å². The third-order valence-electron chi connectivity index (χ3n) is 5.14. The number of ether oxygens (including phenoxy) is 2. The summed E-state index contributed by atoms with van der Waals surface area (Å²) < 4.78 is 11.6. The predicted octanol–water partition coefficient (Wildman–Crippen LogP) is 4.51. The van der Waals surface area contributed by atoms with Crippen LogP contribution in [0.5, 0.6) is 11.5 Å². The molecule has 2 aromatic carbocycles. The fourth-order valence-electron chi connectivity index (χ4n) is 3.50. The summed E-state index contributed by atoms with van der Waals surface area (Å²) in [5.74, 6) is 1.32. The van der Waals surface area contributed by atoms with Crippen molar-refractivity contribution in [2.75, 3.05) is 7.11 Å². The highest BCUT2D eigenvalue weighted by atomic mass is 16.5. The van der Waals surface area contributed by atoms with Crippen molar-refractivity contribution < 1.29 is 14.3 Å². The highest BCUT2D eigenvalue weighted by Gasteiger charge is 2.39. The van der Waals surface area contributed by atoms with E-state index in [4.69, 9.17) is 9.47 Å². The Morgan fingerprint density at radius 2 is 1.84 bits per heavy atom. The van der Waals surface area contributed by atoms with Gasteiger partial charge in [0, 0.05) is 12.0 Å². The first-order valence-electron chi connectivity index (χ1n) is 8.84. The Kier molecular flexibility index (Phi) is 4.98. The van der Waals surface area contributed by atoms with E-state index in [1.807, 2.05) is 36.4 Å². The molecular weight excluding hydrogens is 314 g/mol. The number of nitrogens with one attached hydrogen (secondary N) is 1. The second-order valence-electron chi connectivity index (χ2n) is 6.46. The number of hydrogen-bond acceptors (Lipinski definition) is 3. The highest BCUT2D eigenvalue weighted by molar-refractivity contribution is 5.97. The predicted molar refractivity (Wildman–Crippen MR) is 98.2 cm³/mol. The molecular formula is C21H25NO3. The van der Waals surface area contributed by atoms with Crippen molar-refractivity contribution in [3.8, 4) is 11.5 Å². The van der Waals surface area contributed by atoms with Crippen molar-refractivity contribution >= 4 is 5.91 Å². The summed E-state index contributed by atoms with van der Waals surface area (Å²) in [4.78, 5) is 12.9. The van der Waals surface area contributed by atoms with Gasteiger partial charge in [0.1, 0.15) is 17.1 Å². The molecule has 1 N–H and O–H groups in total. The first kappa shape index (κ1) is 17.3. The lowest BCUT2D eigenvalue weighted by Crippen LogP contribution is -2.44. The van der Waals surface area contributed by atoms with E-state index in [0.29, 0.717) is 11.3 Å². The fraction of sp³-hybridized carbons (Fsp3) is 0.381. The molecule has 1 aliphatic heterocycles. The molecule has 0 aromatic heterocycles. The molecule has 2 aromatic rings. The third kappa shape index (κ3) is 3.34. The van der Waals surface area contributed by atoms with E-state index in [-0.39, 0.29) is 17.6 Å². The van der Waals surface area contributed by atoms with Crippen molar-refractivity contribution in [1.82, 2.24) is 5.32 Å². The van der Waals surface area contributed by atoms with Gasteiger partial charge in [0.15, 0.2) is 0 Å². The fourth-order valence-corrected chi connectivity index (χ4v) is 3.50. The van der Waals surface area contributed by atoms with Crippen LogP contribution in [0.15, 0.2) is 48.5 Å². The molecule has 0 aliphatic carbocycles. The molecule has 1 aliphatic rings. The van der Waals surface area contributed by atoms with Crippen molar-refractivity contribution in [1.29, 1.82) is 0 Å². The van der Waals surface area contributed by atoms with E-state index < -0.39 is 0 Å². The van der Waals surface area contributed by atoms with Crippen LogP contribution in [0.3, 0.4) is 0 Å². The number of para-hydroxylation sites is 2. The monoisotopic (exact) mass is 339 g/mol. The molecule has 1 atom stereocenters. The van der Waals surface area contributed by atoms with Crippen LogP contribution in [0, 0.1) is 0 Å². The van der Waals surface area contributed by atoms with Gasteiger partial charge in [0.25, 0.3) is 5.91 Å². The van der Waals surface area contributed by atoms with E-state index in [1.54, 1.807) is 19.2 Å². The molecule has 1 heterocycles. The van der Waals surface area contributed by atoms with E-state index >= 15 is 0 Å². The van der Waals surface area contributed by atoms with Gasteiger partial charge in [-0.25, -0.2) is 0 Å². The molecule has 4 heteroatoms. The van der Waals surface area contributed by atoms with E-state index in [0.717, 1.165) is 30.6 Å². The van der Waals surface area contributed by atoms with Crippen LogP contribution in [0.4, 0.5) is 0 Å². The Labute approximate surface area is 149 Å². The summed E-state index contributed by atoms with van der Waals surface area (Å²) in [5, 5.41) is 3.19. The molecule has 1 amide bonds. The van der Waals surface area contributed by atoms with Gasteiger partial charge < -0.3 is 14.8 Å². The topological polar surface area (TPSA) is 47.6 Å². The smallest absolute Gasteiger partial charge is 0.255 e. The van der Waals surface area contributed by atoms with Crippen molar-refractivity contribution in [2.24, 2.45) is 0 Å². The van der Waals surface area contributed by atoms with Gasteiger partial charge in [-0.05, 0) is 31.0 Å². The Morgan fingerprint density at radius 3 is 2.56 bits per heavy atom.